The average molecular weight is 353 g/mol. The molecule has 11 heavy (non-hydrogen) atoms. The molecule has 0 aliphatic carbocycles. The molecule has 5 heteroatoms. The zero-order valence-electron chi connectivity index (χ0n) is 5.86. The summed E-state index contributed by atoms with van der Waals surface area (Å²) in [4.78, 5) is 11.0. The molecule has 0 rings (SSSR count). The molecule has 0 fully saturated rings. The first-order chi connectivity index (χ1) is 5.20. The number of hydrogen-bond donors (Lipinski definition) is 0. The summed E-state index contributed by atoms with van der Waals surface area (Å²) in [5, 5.41) is 1.45. The summed E-state index contributed by atoms with van der Waals surface area (Å²) in [6, 6.07) is 0. The second-order valence-electron chi connectivity index (χ2n) is 1.87. The van der Waals surface area contributed by atoms with Crippen LogP contribution in [-0.2, 0) is 9.53 Å². The Morgan fingerprint density at radius 2 is 2.09 bits per heavy atom. The van der Waals surface area contributed by atoms with E-state index in [4.69, 9.17) is 4.74 Å². The quantitative estimate of drug-likeness (QED) is 0.561. The summed E-state index contributed by atoms with van der Waals surface area (Å²) in [5.41, 5.74) is 0. The number of carbonyl (C=O) groups is 1. The number of hydrogen-bond acceptors (Lipinski definition) is 2. The molecule has 0 N–H and O–H groups in total. The molecule has 0 amide bonds. The monoisotopic (exact) mass is 350 g/mol. The molecule has 0 radical (unpaired) electrons. The van der Waals surface area contributed by atoms with Crippen molar-refractivity contribution in [1.29, 1.82) is 0 Å². The lowest BCUT2D eigenvalue weighted by atomic mass is 10.3. The van der Waals surface area contributed by atoms with Crippen molar-refractivity contribution >= 4 is 53.8 Å². The number of esters is 1. The van der Waals surface area contributed by atoms with Gasteiger partial charge in [-0.3, -0.25) is 4.79 Å². The zero-order chi connectivity index (χ0) is 8.69. The van der Waals surface area contributed by atoms with Crippen LogP contribution in [0.5, 0.6) is 0 Å². The highest BCUT2D eigenvalue weighted by molar-refractivity contribution is 9.12. The first-order valence-electron chi connectivity index (χ1n) is 3.12. The number of ether oxygens (including phenoxy) is 1. The minimum Gasteiger partial charge on any atom is -0.465 e. The summed E-state index contributed by atoms with van der Waals surface area (Å²) < 4.78 is 4.83. The van der Waals surface area contributed by atoms with Crippen LogP contribution >= 0.6 is 47.8 Å². The van der Waals surface area contributed by atoms with Crippen molar-refractivity contribution in [2.24, 2.45) is 0 Å². The van der Waals surface area contributed by atoms with Crippen LogP contribution in [0.1, 0.15) is 6.42 Å². The van der Waals surface area contributed by atoms with Gasteiger partial charge < -0.3 is 4.74 Å². The Morgan fingerprint density at radius 1 is 1.45 bits per heavy atom. The zero-order valence-corrected chi connectivity index (χ0v) is 10.6. The Morgan fingerprint density at radius 3 is 2.55 bits per heavy atom. The lowest BCUT2D eigenvalue weighted by Gasteiger charge is -2.04. The summed E-state index contributed by atoms with van der Waals surface area (Å²) in [6.07, 6.45) is 0.415. The predicted molar refractivity (Wildman–Crippen MR) is 55.9 cm³/mol. The second-order valence-corrected chi connectivity index (χ2v) is 4.60. The summed E-state index contributed by atoms with van der Waals surface area (Å²) in [5.74, 6) is -0.161. The van der Waals surface area contributed by atoms with E-state index in [-0.39, 0.29) is 10.8 Å². The Balaban J connectivity index is 3.36. The van der Waals surface area contributed by atoms with Crippen LogP contribution in [0.3, 0.4) is 0 Å². The van der Waals surface area contributed by atoms with Crippen molar-refractivity contribution in [3.63, 3.8) is 0 Å². The van der Waals surface area contributed by atoms with Crippen LogP contribution in [-0.4, -0.2) is 28.1 Å². The third kappa shape index (κ3) is 7.28. The third-order valence-electron chi connectivity index (χ3n) is 0.896. The molecule has 1 atom stereocenters. The molecule has 0 saturated heterocycles. The molecule has 0 aliphatic heterocycles. The van der Waals surface area contributed by atoms with Crippen molar-refractivity contribution in [2.75, 3.05) is 17.3 Å². The van der Waals surface area contributed by atoms with E-state index in [1.807, 2.05) is 0 Å². The van der Waals surface area contributed by atoms with Crippen LogP contribution in [0, 0.1) is 0 Å². The van der Waals surface area contributed by atoms with Crippen molar-refractivity contribution in [3.8, 4) is 0 Å². The lowest BCUT2D eigenvalue weighted by molar-refractivity contribution is -0.142. The van der Waals surface area contributed by atoms with E-state index in [0.717, 1.165) is 5.33 Å². The Hall–Kier alpha value is 0.910. The average Bonchev–Trinajstić information content (AvgIpc) is 2.00. The first kappa shape index (κ1) is 11.9. The third-order valence-corrected chi connectivity index (χ3v) is 3.52. The van der Waals surface area contributed by atoms with E-state index in [0.29, 0.717) is 18.4 Å². The fourth-order valence-corrected chi connectivity index (χ4v) is 1.10. The molecule has 0 spiro atoms. The molecule has 0 aromatic rings. The molecule has 0 aromatic heterocycles. The smallest absolute Gasteiger partial charge is 0.306 e. The molecular weight excluding hydrogens is 344 g/mol. The maximum Gasteiger partial charge on any atom is 0.306 e. The Bertz CT molecular complexity index is 118. The number of carbonyl (C=O) groups excluding carboxylic acids is 1. The summed E-state index contributed by atoms with van der Waals surface area (Å²) in [7, 11) is 0. The summed E-state index contributed by atoms with van der Waals surface area (Å²) in [6.45, 7) is 0.445. The van der Waals surface area contributed by atoms with Crippen molar-refractivity contribution in [2.45, 2.75) is 11.2 Å². The van der Waals surface area contributed by atoms with Gasteiger partial charge in [0.2, 0.25) is 0 Å². The van der Waals surface area contributed by atoms with Gasteiger partial charge in [-0.05, 0) is 0 Å². The van der Waals surface area contributed by atoms with Crippen molar-refractivity contribution in [3.05, 3.63) is 0 Å². The molecule has 0 aromatic carbocycles. The largest absolute Gasteiger partial charge is 0.465 e. The van der Waals surface area contributed by atoms with Gasteiger partial charge in [0.05, 0.1) is 6.42 Å². The fraction of sp³-hybridized carbons (Fsp3) is 0.833. The van der Waals surface area contributed by atoms with Gasteiger partial charge in [0, 0.05) is 15.5 Å². The van der Waals surface area contributed by atoms with E-state index in [2.05, 4.69) is 47.8 Å². The van der Waals surface area contributed by atoms with Crippen LogP contribution in [0.25, 0.3) is 0 Å². The van der Waals surface area contributed by atoms with Gasteiger partial charge in [0.15, 0.2) is 0 Å². The first-order valence-corrected chi connectivity index (χ1v) is 6.28. The number of alkyl halides is 3. The number of rotatable bonds is 5. The topological polar surface area (TPSA) is 26.3 Å². The highest BCUT2D eigenvalue weighted by Gasteiger charge is 2.09. The molecule has 1 unspecified atom stereocenters. The maximum absolute atomic E-state index is 10.9. The molecular formula is C6H9Br3O2. The van der Waals surface area contributed by atoms with Gasteiger partial charge in [-0.2, -0.15) is 0 Å². The van der Waals surface area contributed by atoms with Gasteiger partial charge >= 0.3 is 5.97 Å². The normalized spacial score (nSPS) is 12.6. The molecule has 0 saturated carbocycles. The van der Waals surface area contributed by atoms with Gasteiger partial charge in [0.25, 0.3) is 0 Å². The van der Waals surface area contributed by atoms with Crippen molar-refractivity contribution < 1.29 is 9.53 Å². The minimum atomic E-state index is -0.161. The second kappa shape index (κ2) is 7.55. The molecule has 2 nitrogen and oxygen atoms in total. The summed E-state index contributed by atoms with van der Waals surface area (Å²) >= 11 is 9.72. The van der Waals surface area contributed by atoms with Gasteiger partial charge in [-0.25, -0.2) is 0 Å². The van der Waals surface area contributed by atoms with Crippen LogP contribution in [0.2, 0.25) is 0 Å². The molecule has 0 bridgehead atoms. The van der Waals surface area contributed by atoms with Gasteiger partial charge in [0.1, 0.15) is 6.61 Å². The molecule has 66 valence electrons. The lowest BCUT2D eigenvalue weighted by Crippen LogP contribution is -2.13. The Labute approximate surface area is 91.4 Å². The number of halogens is 3. The van der Waals surface area contributed by atoms with Crippen LogP contribution < -0.4 is 0 Å². The molecule has 0 aliphatic rings. The minimum absolute atomic E-state index is 0.161. The van der Waals surface area contributed by atoms with Crippen molar-refractivity contribution in [1.82, 2.24) is 0 Å². The molecule has 0 heterocycles. The van der Waals surface area contributed by atoms with E-state index in [9.17, 15) is 4.79 Å². The highest BCUT2D eigenvalue weighted by atomic mass is 79.9. The van der Waals surface area contributed by atoms with Gasteiger partial charge in [-0.15, -0.1) is 0 Å². The predicted octanol–water partition coefficient (Wildman–Crippen LogP) is 2.47. The fourth-order valence-electron chi connectivity index (χ4n) is 0.447. The van der Waals surface area contributed by atoms with Crippen LogP contribution in [0.15, 0.2) is 0 Å². The maximum atomic E-state index is 10.9. The standard InChI is InChI=1S/C6H9Br3O2/c7-1-2-11-6(10)3-5(9)4-8/h5H,1-4H2. The van der Waals surface area contributed by atoms with E-state index in [1.165, 1.54) is 0 Å². The SMILES string of the molecule is O=C(CC(Br)CBr)OCCBr. The highest BCUT2D eigenvalue weighted by Crippen LogP contribution is 2.08. The van der Waals surface area contributed by atoms with E-state index < -0.39 is 0 Å². The van der Waals surface area contributed by atoms with E-state index >= 15 is 0 Å². The Kier molecular flexibility index (Phi) is 8.18. The van der Waals surface area contributed by atoms with Gasteiger partial charge in [-0.1, -0.05) is 47.8 Å². The van der Waals surface area contributed by atoms with Crippen LogP contribution in [0.4, 0.5) is 0 Å². The van der Waals surface area contributed by atoms with E-state index in [1.54, 1.807) is 0 Å².